The van der Waals surface area contributed by atoms with Crippen molar-refractivity contribution >= 4 is 17.5 Å². The highest BCUT2D eigenvalue weighted by molar-refractivity contribution is 6.29. The molecule has 0 spiro atoms. The van der Waals surface area contributed by atoms with Gasteiger partial charge in [-0.05, 0) is 12.1 Å². The Labute approximate surface area is 120 Å². The van der Waals surface area contributed by atoms with Gasteiger partial charge >= 0.3 is 0 Å². The van der Waals surface area contributed by atoms with Gasteiger partial charge in [-0.2, -0.15) is 5.26 Å². The van der Waals surface area contributed by atoms with Crippen molar-refractivity contribution in [1.29, 1.82) is 5.26 Å². The third kappa shape index (κ3) is 3.56. The standard InChI is InChI=1S/C13H11ClN4O2/c14-12-8-16-7-11(17-12)13(19)18(5-2-4-15)9-10-3-1-6-20-10/h1,3,6-8H,2,5,9H2. The summed E-state index contributed by atoms with van der Waals surface area (Å²) < 4.78 is 5.21. The third-order valence-electron chi connectivity index (χ3n) is 2.53. The number of hydrogen-bond acceptors (Lipinski definition) is 5. The molecule has 0 unspecified atom stereocenters. The zero-order valence-corrected chi connectivity index (χ0v) is 11.2. The summed E-state index contributed by atoms with van der Waals surface area (Å²) in [4.78, 5) is 21.6. The summed E-state index contributed by atoms with van der Waals surface area (Å²) in [6, 6.07) is 5.51. The highest BCUT2D eigenvalue weighted by atomic mass is 35.5. The summed E-state index contributed by atoms with van der Waals surface area (Å²) in [5.74, 6) is 0.290. The van der Waals surface area contributed by atoms with Gasteiger partial charge in [-0.1, -0.05) is 11.6 Å². The molecule has 2 rings (SSSR count). The second-order valence-corrected chi connectivity index (χ2v) is 4.33. The van der Waals surface area contributed by atoms with Gasteiger partial charge in [-0.3, -0.25) is 9.78 Å². The number of amides is 1. The number of aromatic nitrogens is 2. The maximum Gasteiger partial charge on any atom is 0.274 e. The van der Waals surface area contributed by atoms with Gasteiger partial charge in [0.1, 0.15) is 16.6 Å². The summed E-state index contributed by atoms with van der Waals surface area (Å²) in [7, 11) is 0. The molecule has 0 saturated heterocycles. The normalized spacial score (nSPS) is 10.0. The lowest BCUT2D eigenvalue weighted by molar-refractivity contribution is 0.0729. The molecule has 0 aliphatic carbocycles. The molecule has 0 fully saturated rings. The van der Waals surface area contributed by atoms with E-state index >= 15 is 0 Å². The molecule has 20 heavy (non-hydrogen) atoms. The van der Waals surface area contributed by atoms with Gasteiger partial charge in [0.15, 0.2) is 0 Å². The van der Waals surface area contributed by atoms with E-state index in [1.165, 1.54) is 23.6 Å². The van der Waals surface area contributed by atoms with E-state index in [0.717, 1.165) is 0 Å². The number of furan rings is 1. The van der Waals surface area contributed by atoms with E-state index in [9.17, 15) is 4.79 Å². The average molecular weight is 291 g/mol. The van der Waals surface area contributed by atoms with E-state index < -0.39 is 0 Å². The van der Waals surface area contributed by atoms with Gasteiger partial charge in [0.05, 0.1) is 37.7 Å². The molecule has 0 aliphatic rings. The van der Waals surface area contributed by atoms with Crippen LogP contribution in [0.2, 0.25) is 5.15 Å². The Hall–Kier alpha value is -2.39. The average Bonchev–Trinajstić information content (AvgIpc) is 2.95. The largest absolute Gasteiger partial charge is 0.467 e. The zero-order chi connectivity index (χ0) is 14.4. The van der Waals surface area contributed by atoms with E-state index in [2.05, 4.69) is 9.97 Å². The summed E-state index contributed by atoms with van der Waals surface area (Å²) in [6.45, 7) is 0.548. The Morgan fingerprint density at radius 1 is 1.50 bits per heavy atom. The minimum absolute atomic E-state index is 0.141. The number of nitriles is 1. The maximum atomic E-state index is 12.3. The summed E-state index contributed by atoms with van der Waals surface area (Å²) in [6.07, 6.45) is 4.45. The van der Waals surface area contributed by atoms with Gasteiger partial charge < -0.3 is 9.32 Å². The number of hydrogen-bond donors (Lipinski definition) is 0. The first kappa shape index (κ1) is 14.0. The molecule has 6 nitrogen and oxygen atoms in total. The lowest BCUT2D eigenvalue weighted by Gasteiger charge is -2.19. The number of halogens is 1. The Bertz CT molecular complexity index is 622. The minimum atomic E-state index is -0.341. The number of nitrogens with zero attached hydrogens (tertiary/aromatic N) is 4. The second kappa shape index (κ2) is 6.68. The SMILES string of the molecule is N#CCCN(Cc1ccco1)C(=O)c1cncc(Cl)n1. The Balaban J connectivity index is 2.17. The van der Waals surface area contributed by atoms with Crippen LogP contribution in [0.1, 0.15) is 22.7 Å². The van der Waals surface area contributed by atoms with Crippen molar-refractivity contribution < 1.29 is 9.21 Å². The molecule has 2 aromatic heterocycles. The van der Waals surface area contributed by atoms with Crippen LogP contribution >= 0.6 is 11.6 Å². The van der Waals surface area contributed by atoms with Crippen LogP contribution in [-0.4, -0.2) is 27.3 Å². The van der Waals surface area contributed by atoms with Crippen LogP contribution in [-0.2, 0) is 6.54 Å². The summed E-state index contributed by atoms with van der Waals surface area (Å²) >= 11 is 5.73. The quantitative estimate of drug-likeness (QED) is 0.843. The molecule has 2 heterocycles. The van der Waals surface area contributed by atoms with Crippen molar-refractivity contribution in [1.82, 2.24) is 14.9 Å². The minimum Gasteiger partial charge on any atom is -0.467 e. The smallest absolute Gasteiger partial charge is 0.274 e. The lowest BCUT2D eigenvalue weighted by atomic mass is 10.3. The molecule has 7 heteroatoms. The Morgan fingerprint density at radius 3 is 3.00 bits per heavy atom. The van der Waals surface area contributed by atoms with Crippen molar-refractivity contribution in [2.24, 2.45) is 0 Å². The first-order chi connectivity index (χ1) is 9.70. The molecule has 0 N–H and O–H groups in total. The van der Waals surface area contributed by atoms with Gasteiger partial charge in [0.2, 0.25) is 0 Å². The fraction of sp³-hybridized carbons (Fsp3) is 0.231. The van der Waals surface area contributed by atoms with E-state index in [0.29, 0.717) is 5.76 Å². The first-order valence-electron chi connectivity index (χ1n) is 5.87. The second-order valence-electron chi connectivity index (χ2n) is 3.94. The fourth-order valence-corrected chi connectivity index (χ4v) is 1.78. The van der Waals surface area contributed by atoms with Crippen molar-refractivity contribution in [3.05, 3.63) is 47.4 Å². The molecule has 0 bridgehead atoms. The van der Waals surface area contributed by atoms with Crippen molar-refractivity contribution in [3.63, 3.8) is 0 Å². The van der Waals surface area contributed by atoms with Crippen molar-refractivity contribution in [2.75, 3.05) is 6.54 Å². The molecule has 102 valence electrons. The van der Waals surface area contributed by atoms with E-state index in [-0.39, 0.29) is 36.3 Å². The lowest BCUT2D eigenvalue weighted by Crippen LogP contribution is -2.32. The van der Waals surface area contributed by atoms with Gasteiger partial charge in [0, 0.05) is 6.54 Å². The predicted octanol–water partition coefficient (Wildman–Crippen LogP) is 2.28. The van der Waals surface area contributed by atoms with Gasteiger partial charge in [-0.15, -0.1) is 0 Å². The molecular weight excluding hydrogens is 280 g/mol. The molecular formula is C13H11ClN4O2. The first-order valence-corrected chi connectivity index (χ1v) is 6.24. The van der Waals surface area contributed by atoms with Crippen molar-refractivity contribution in [3.8, 4) is 6.07 Å². The predicted molar refractivity (Wildman–Crippen MR) is 70.7 cm³/mol. The van der Waals surface area contributed by atoms with E-state index in [4.69, 9.17) is 21.3 Å². The van der Waals surface area contributed by atoms with Crippen LogP contribution in [0.15, 0.2) is 35.2 Å². The monoisotopic (exact) mass is 290 g/mol. The number of carbonyl (C=O) groups is 1. The molecule has 0 atom stereocenters. The maximum absolute atomic E-state index is 12.3. The van der Waals surface area contributed by atoms with Crippen molar-refractivity contribution in [2.45, 2.75) is 13.0 Å². The molecule has 2 aromatic rings. The molecule has 1 amide bonds. The fourth-order valence-electron chi connectivity index (χ4n) is 1.64. The topological polar surface area (TPSA) is 83.0 Å². The highest BCUT2D eigenvalue weighted by Crippen LogP contribution is 2.11. The Morgan fingerprint density at radius 2 is 2.35 bits per heavy atom. The van der Waals surface area contributed by atoms with Crippen LogP contribution in [0.4, 0.5) is 0 Å². The summed E-state index contributed by atoms with van der Waals surface area (Å²) in [5.41, 5.74) is 0.141. The zero-order valence-electron chi connectivity index (χ0n) is 10.5. The van der Waals surface area contributed by atoms with Crippen LogP contribution in [0.5, 0.6) is 0 Å². The molecule has 0 saturated carbocycles. The van der Waals surface area contributed by atoms with Gasteiger partial charge in [0.25, 0.3) is 5.91 Å². The van der Waals surface area contributed by atoms with E-state index in [1.54, 1.807) is 12.1 Å². The number of rotatable bonds is 5. The highest BCUT2D eigenvalue weighted by Gasteiger charge is 2.18. The van der Waals surface area contributed by atoms with Crippen LogP contribution in [0, 0.1) is 11.3 Å². The summed E-state index contributed by atoms with van der Waals surface area (Å²) in [5, 5.41) is 8.82. The molecule has 0 aromatic carbocycles. The van der Waals surface area contributed by atoms with Crippen LogP contribution in [0.25, 0.3) is 0 Å². The molecule has 0 aliphatic heterocycles. The van der Waals surface area contributed by atoms with E-state index in [1.807, 2.05) is 6.07 Å². The van der Waals surface area contributed by atoms with Crippen LogP contribution in [0.3, 0.4) is 0 Å². The Kier molecular flexibility index (Phi) is 4.69. The van der Waals surface area contributed by atoms with Gasteiger partial charge in [-0.25, -0.2) is 4.98 Å². The molecule has 0 radical (unpaired) electrons. The third-order valence-corrected chi connectivity index (χ3v) is 2.71. The van der Waals surface area contributed by atoms with Crippen LogP contribution < -0.4 is 0 Å². The number of carbonyl (C=O) groups excluding carboxylic acids is 1.